The number of hydrogen-bond donors (Lipinski definition) is 0. The molecular weight excluding hydrogens is 176 g/mol. The Labute approximate surface area is 83.0 Å². The van der Waals surface area contributed by atoms with Gasteiger partial charge < -0.3 is 4.42 Å². The molecule has 3 nitrogen and oxygen atoms in total. The van der Waals surface area contributed by atoms with Gasteiger partial charge in [-0.25, -0.2) is 0 Å². The summed E-state index contributed by atoms with van der Waals surface area (Å²) in [4.78, 5) is 3.94. The molecule has 0 N–H and O–H groups in total. The number of benzene rings is 1. The average molecular weight is 188 g/mol. The van der Waals surface area contributed by atoms with Crippen LogP contribution in [-0.4, -0.2) is 4.98 Å². The molecule has 1 aromatic heterocycles. The van der Waals surface area contributed by atoms with E-state index in [4.69, 9.17) is 9.68 Å². The zero-order valence-electron chi connectivity index (χ0n) is 8.53. The molecule has 72 valence electrons. The molecule has 14 heavy (non-hydrogen) atoms. The maximum atomic E-state index is 8.50. The topological polar surface area (TPSA) is 49.8 Å². The van der Waals surface area contributed by atoms with Crippen molar-refractivity contribution < 1.29 is 4.42 Å². The molecule has 1 aromatic carbocycles. The van der Waals surface area contributed by atoms with Crippen molar-refractivity contribution in [1.29, 1.82) is 5.26 Å². The Morgan fingerprint density at radius 3 is 2.71 bits per heavy atom. The molecule has 0 aliphatic heterocycles. The number of oxazole rings is 1. The number of rotatable bonds is 0. The highest BCUT2D eigenvalue weighted by atomic mass is 16.3. The maximum absolute atomic E-state index is 8.50. The Kier molecular flexibility index (Phi) is 3.24. The van der Waals surface area contributed by atoms with Crippen LogP contribution in [0.25, 0.3) is 11.1 Å². The molecular formula is C11H12N2O. The predicted octanol–water partition coefficient (Wildman–Crippen LogP) is 3.03. The lowest BCUT2D eigenvalue weighted by Crippen LogP contribution is -1.71. The smallest absolute Gasteiger partial charge is 0.301 e. The molecule has 2 rings (SSSR count). The van der Waals surface area contributed by atoms with Gasteiger partial charge in [-0.05, 0) is 24.6 Å². The molecule has 0 spiro atoms. The lowest BCUT2D eigenvalue weighted by molar-refractivity contribution is 0.584. The third-order valence-corrected chi connectivity index (χ3v) is 1.64. The second-order valence-electron chi connectivity index (χ2n) is 2.60. The highest BCUT2D eigenvalue weighted by Gasteiger charge is 2.03. The SMILES string of the molecule is CC.Cc1ccc2nc(C#N)oc2c1. The van der Waals surface area contributed by atoms with Crippen LogP contribution in [0.1, 0.15) is 25.3 Å². The Balaban J connectivity index is 0.000000461. The summed E-state index contributed by atoms with van der Waals surface area (Å²) in [6.07, 6.45) is 0. The summed E-state index contributed by atoms with van der Waals surface area (Å²) in [5.41, 5.74) is 2.51. The van der Waals surface area contributed by atoms with Crippen LogP contribution in [-0.2, 0) is 0 Å². The minimum Gasteiger partial charge on any atom is -0.428 e. The molecule has 2 aromatic rings. The number of aromatic nitrogens is 1. The number of nitriles is 1. The van der Waals surface area contributed by atoms with E-state index in [2.05, 4.69) is 4.98 Å². The Bertz CT molecular complexity index is 466. The first-order chi connectivity index (χ1) is 6.79. The van der Waals surface area contributed by atoms with Crippen LogP contribution in [0.15, 0.2) is 22.6 Å². The molecule has 0 bridgehead atoms. The van der Waals surface area contributed by atoms with Gasteiger partial charge in [0.2, 0.25) is 0 Å². The highest BCUT2D eigenvalue weighted by Crippen LogP contribution is 2.15. The predicted molar refractivity (Wildman–Crippen MR) is 54.8 cm³/mol. The van der Waals surface area contributed by atoms with Gasteiger partial charge in [-0.1, -0.05) is 19.9 Å². The van der Waals surface area contributed by atoms with Crippen molar-refractivity contribution in [2.75, 3.05) is 0 Å². The minimum absolute atomic E-state index is 0.121. The monoisotopic (exact) mass is 188 g/mol. The van der Waals surface area contributed by atoms with Crippen LogP contribution >= 0.6 is 0 Å². The fourth-order valence-corrected chi connectivity index (χ4v) is 1.08. The first kappa shape index (κ1) is 10.3. The molecule has 0 saturated carbocycles. The minimum atomic E-state index is 0.121. The molecule has 1 heterocycles. The van der Waals surface area contributed by atoms with Crippen LogP contribution in [0.2, 0.25) is 0 Å². The Morgan fingerprint density at radius 2 is 2.07 bits per heavy atom. The molecule has 0 aliphatic rings. The molecule has 0 saturated heterocycles. The van der Waals surface area contributed by atoms with Gasteiger partial charge in [0, 0.05) is 0 Å². The van der Waals surface area contributed by atoms with Gasteiger partial charge in [-0.2, -0.15) is 10.2 Å². The summed E-state index contributed by atoms with van der Waals surface area (Å²) in [6, 6.07) is 7.50. The van der Waals surface area contributed by atoms with Gasteiger partial charge in [-0.15, -0.1) is 0 Å². The van der Waals surface area contributed by atoms with Gasteiger partial charge >= 0.3 is 5.89 Å². The second-order valence-corrected chi connectivity index (χ2v) is 2.60. The van der Waals surface area contributed by atoms with Crippen LogP contribution in [0.5, 0.6) is 0 Å². The van der Waals surface area contributed by atoms with Crippen molar-refractivity contribution in [3.05, 3.63) is 29.7 Å². The van der Waals surface area contributed by atoms with Crippen LogP contribution in [0, 0.1) is 18.3 Å². The van der Waals surface area contributed by atoms with Gasteiger partial charge in [0.1, 0.15) is 5.52 Å². The zero-order valence-corrected chi connectivity index (χ0v) is 8.53. The van der Waals surface area contributed by atoms with Crippen molar-refractivity contribution in [1.82, 2.24) is 4.98 Å². The van der Waals surface area contributed by atoms with E-state index in [1.807, 2.05) is 45.0 Å². The molecule has 0 radical (unpaired) electrons. The van der Waals surface area contributed by atoms with Crippen LogP contribution < -0.4 is 0 Å². The van der Waals surface area contributed by atoms with E-state index in [9.17, 15) is 0 Å². The number of hydrogen-bond acceptors (Lipinski definition) is 3. The third-order valence-electron chi connectivity index (χ3n) is 1.64. The lowest BCUT2D eigenvalue weighted by atomic mass is 10.2. The third kappa shape index (κ3) is 1.91. The number of fused-ring (bicyclic) bond motifs is 1. The van der Waals surface area contributed by atoms with Gasteiger partial charge in [0.15, 0.2) is 11.7 Å². The van der Waals surface area contributed by atoms with Crippen molar-refractivity contribution in [2.45, 2.75) is 20.8 Å². The number of aryl methyl sites for hydroxylation is 1. The standard InChI is InChI=1S/C9H6N2O.C2H6/c1-6-2-3-7-8(4-6)12-9(5-10)11-7;1-2/h2-4H,1H3;1-2H3. The quantitative estimate of drug-likeness (QED) is 0.638. The summed E-state index contributed by atoms with van der Waals surface area (Å²) in [5.74, 6) is 0.121. The van der Waals surface area contributed by atoms with E-state index in [-0.39, 0.29) is 5.89 Å². The Hall–Kier alpha value is -1.82. The summed E-state index contributed by atoms with van der Waals surface area (Å²) < 4.78 is 5.13. The molecule has 3 heteroatoms. The zero-order chi connectivity index (χ0) is 10.6. The second kappa shape index (κ2) is 4.43. The normalized spacial score (nSPS) is 9.00. The molecule has 0 unspecified atom stereocenters. The van der Waals surface area contributed by atoms with Gasteiger partial charge in [0.25, 0.3) is 0 Å². The molecule has 0 amide bonds. The fraction of sp³-hybridized carbons (Fsp3) is 0.273. The van der Waals surface area contributed by atoms with Crippen LogP contribution in [0.3, 0.4) is 0 Å². The molecule has 0 aliphatic carbocycles. The summed E-state index contributed by atoms with van der Waals surface area (Å²) in [7, 11) is 0. The summed E-state index contributed by atoms with van der Waals surface area (Å²) in [5, 5.41) is 8.50. The Morgan fingerprint density at radius 1 is 1.36 bits per heavy atom. The first-order valence-electron chi connectivity index (χ1n) is 4.57. The van der Waals surface area contributed by atoms with Crippen molar-refractivity contribution >= 4 is 11.1 Å². The van der Waals surface area contributed by atoms with Gasteiger partial charge in [0.05, 0.1) is 0 Å². The van der Waals surface area contributed by atoms with E-state index in [0.29, 0.717) is 5.58 Å². The molecule has 0 atom stereocenters. The van der Waals surface area contributed by atoms with Crippen molar-refractivity contribution in [2.24, 2.45) is 0 Å². The van der Waals surface area contributed by atoms with Gasteiger partial charge in [-0.3, -0.25) is 0 Å². The number of nitrogens with zero attached hydrogens (tertiary/aromatic N) is 2. The largest absolute Gasteiger partial charge is 0.428 e. The summed E-state index contributed by atoms with van der Waals surface area (Å²) >= 11 is 0. The van der Waals surface area contributed by atoms with E-state index < -0.39 is 0 Å². The van der Waals surface area contributed by atoms with E-state index in [1.165, 1.54) is 0 Å². The lowest BCUT2D eigenvalue weighted by Gasteiger charge is -1.87. The van der Waals surface area contributed by atoms with E-state index >= 15 is 0 Å². The fourth-order valence-electron chi connectivity index (χ4n) is 1.08. The maximum Gasteiger partial charge on any atom is 0.301 e. The molecule has 0 fully saturated rings. The van der Waals surface area contributed by atoms with E-state index in [1.54, 1.807) is 0 Å². The average Bonchev–Trinajstić information content (AvgIpc) is 2.62. The van der Waals surface area contributed by atoms with Crippen LogP contribution in [0.4, 0.5) is 0 Å². The van der Waals surface area contributed by atoms with Crippen molar-refractivity contribution in [3.63, 3.8) is 0 Å². The first-order valence-corrected chi connectivity index (χ1v) is 4.57. The van der Waals surface area contributed by atoms with E-state index in [0.717, 1.165) is 11.1 Å². The summed E-state index contributed by atoms with van der Waals surface area (Å²) in [6.45, 7) is 5.97. The van der Waals surface area contributed by atoms with Crippen molar-refractivity contribution in [3.8, 4) is 6.07 Å². The highest BCUT2D eigenvalue weighted by molar-refractivity contribution is 5.73.